The summed E-state index contributed by atoms with van der Waals surface area (Å²) in [5.41, 5.74) is 1.03. The van der Waals surface area contributed by atoms with E-state index >= 15 is 0 Å². The van der Waals surface area contributed by atoms with Crippen molar-refractivity contribution in [2.45, 2.75) is 19.3 Å². The Labute approximate surface area is 135 Å². The summed E-state index contributed by atoms with van der Waals surface area (Å²) < 4.78 is 4.69. The largest absolute Gasteiger partial charge is 0.439 e. The molecule has 0 saturated carbocycles. The van der Waals surface area contributed by atoms with Crippen LogP contribution < -0.4 is 0 Å². The Balaban J connectivity index is 1.55. The topological polar surface area (TPSA) is 66.9 Å². The van der Waals surface area contributed by atoms with E-state index in [1.165, 1.54) is 0 Å². The summed E-state index contributed by atoms with van der Waals surface area (Å²) in [6.07, 6.45) is 0.177. The molecule has 3 rings (SSSR count). The molecule has 122 valence electrons. The van der Waals surface area contributed by atoms with E-state index in [1.54, 1.807) is 4.90 Å². The molecule has 2 heterocycles. The smallest absolute Gasteiger partial charge is 0.417 e. The number of likely N-dealkylation sites (tertiary alicyclic amines) is 1. The lowest BCUT2D eigenvalue weighted by Gasteiger charge is -2.41. The van der Waals surface area contributed by atoms with Crippen LogP contribution >= 0.6 is 0 Å². The molecule has 0 bridgehead atoms. The van der Waals surface area contributed by atoms with Crippen molar-refractivity contribution in [1.29, 1.82) is 0 Å². The standard InChI is InChI=1S/C17H20N2O4/c1-2-14(13-6-4-3-5-7-13)16(21)18-8-12(9-18)10-19-15(20)11-23-17(19)22/h3-7,12,14H,2,8-11H2,1H3. The second-order valence-corrected chi connectivity index (χ2v) is 6.04. The molecule has 2 aliphatic heterocycles. The van der Waals surface area contributed by atoms with Crippen LogP contribution in [0.2, 0.25) is 0 Å². The summed E-state index contributed by atoms with van der Waals surface area (Å²) in [6, 6.07) is 9.76. The zero-order valence-electron chi connectivity index (χ0n) is 13.1. The molecule has 0 radical (unpaired) electrons. The number of nitrogens with zero attached hydrogens (tertiary/aromatic N) is 2. The van der Waals surface area contributed by atoms with Gasteiger partial charge in [-0.2, -0.15) is 0 Å². The van der Waals surface area contributed by atoms with E-state index in [0.717, 1.165) is 16.9 Å². The molecule has 23 heavy (non-hydrogen) atoms. The third kappa shape index (κ3) is 3.06. The van der Waals surface area contributed by atoms with E-state index in [9.17, 15) is 14.4 Å². The summed E-state index contributed by atoms with van der Waals surface area (Å²) in [5, 5.41) is 0. The number of hydrogen-bond acceptors (Lipinski definition) is 4. The van der Waals surface area contributed by atoms with Crippen LogP contribution in [0.1, 0.15) is 24.8 Å². The van der Waals surface area contributed by atoms with Crippen molar-refractivity contribution in [3.8, 4) is 0 Å². The van der Waals surface area contributed by atoms with Crippen LogP contribution in [0.15, 0.2) is 30.3 Å². The van der Waals surface area contributed by atoms with Gasteiger partial charge in [-0.25, -0.2) is 9.69 Å². The monoisotopic (exact) mass is 316 g/mol. The lowest BCUT2D eigenvalue weighted by molar-refractivity contribution is -0.140. The summed E-state index contributed by atoms with van der Waals surface area (Å²) in [5.74, 6) is -0.168. The molecule has 1 atom stereocenters. The molecular weight excluding hydrogens is 296 g/mol. The summed E-state index contributed by atoms with van der Waals surface area (Å²) >= 11 is 0. The van der Waals surface area contributed by atoms with Gasteiger partial charge < -0.3 is 9.64 Å². The number of amides is 3. The second-order valence-electron chi connectivity index (χ2n) is 6.04. The van der Waals surface area contributed by atoms with Crippen molar-refractivity contribution in [1.82, 2.24) is 9.80 Å². The normalized spacial score (nSPS) is 19.5. The van der Waals surface area contributed by atoms with Gasteiger partial charge in [0.05, 0.1) is 5.92 Å². The minimum Gasteiger partial charge on any atom is -0.439 e. The van der Waals surface area contributed by atoms with Gasteiger partial charge in [0.1, 0.15) is 0 Å². The lowest BCUT2D eigenvalue weighted by Crippen LogP contribution is -2.55. The zero-order valence-corrected chi connectivity index (χ0v) is 13.1. The fraction of sp³-hybridized carbons (Fsp3) is 0.471. The van der Waals surface area contributed by atoms with Gasteiger partial charge in [-0.15, -0.1) is 0 Å². The molecule has 0 aliphatic carbocycles. The maximum atomic E-state index is 12.6. The first-order valence-electron chi connectivity index (χ1n) is 7.91. The van der Waals surface area contributed by atoms with E-state index in [2.05, 4.69) is 0 Å². The molecular formula is C17H20N2O4. The van der Waals surface area contributed by atoms with Crippen LogP contribution in [-0.2, 0) is 14.3 Å². The van der Waals surface area contributed by atoms with Gasteiger partial charge in [0, 0.05) is 25.6 Å². The molecule has 1 aromatic rings. The van der Waals surface area contributed by atoms with Gasteiger partial charge in [-0.1, -0.05) is 37.3 Å². The minimum absolute atomic E-state index is 0.116. The average Bonchev–Trinajstić information content (AvgIpc) is 2.83. The first kappa shape index (κ1) is 15.5. The van der Waals surface area contributed by atoms with Gasteiger partial charge >= 0.3 is 6.09 Å². The maximum Gasteiger partial charge on any atom is 0.417 e. The lowest BCUT2D eigenvalue weighted by atomic mass is 9.91. The minimum atomic E-state index is -0.574. The van der Waals surface area contributed by atoms with Crippen molar-refractivity contribution in [3.63, 3.8) is 0 Å². The number of carbonyl (C=O) groups excluding carboxylic acids is 3. The maximum absolute atomic E-state index is 12.6. The number of rotatable bonds is 5. The molecule has 1 unspecified atom stereocenters. The highest BCUT2D eigenvalue weighted by Crippen LogP contribution is 2.27. The quantitative estimate of drug-likeness (QED) is 0.828. The Morgan fingerprint density at radius 2 is 1.96 bits per heavy atom. The summed E-state index contributed by atoms with van der Waals surface area (Å²) in [4.78, 5) is 38.5. The number of benzene rings is 1. The van der Waals surface area contributed by atoms with Crippen molar-refractivity contribution >= 4 is 17.9 Å². The highest BCUT2D eigenvalue weighted by atomic mass is 16.6. The molecule has 6 nitrogen and oxygen atoms in total. The fourth-order valence-corrected chi connectivity index (χ4v) is 3.14. The number of ether oxygens (including phenoxy) is 1. The summed E-state index contributed by atoms with van der Waals surface area (Å²) in [7, 11) is 0. The van der Waals surface area contributed by atoms with Crippen LogP contribution in [0, 0.1) is 5.92 Å². The predicted molar refractivity (Wildman–Crippen MR) is 82.6 cm³/mol. The predicted octanol–water partition coefficient (Wildman–Crippen LogP) is 1.62. The Morgan fingerprint density at radius 3 is 2.52 bits per heavy atom. The molecule has 2 saturated heterocycles. The number of cyclic esters (lactones) is 1. The van der Waals surface area contributed by atoms with Gasteiger partial charge in [-0.3, -0.25) is 9.59 Å². The second kappa shape index (κ2) is 6.40. The number of hydrogen-bond donors (Lipinski definition) is 0. The first-order chi connectivity index (χ1) is 11.1. The van der Waals surface area contributed by atoms with E-state index < -0.39 is 6.09 Å². The molecule has 6 heteroatoms. The highest BCUT2D eigenvalue weighted by Gasteiger charge is 2.39. The first-order valence-corrected chi connectivity index (χ1v) is 7.91. The Hall–Kier alpha value is -2.37. The van der Waals surface area contributed by atoms with Gasteiger partial charge in [0.2, 0.25) is 5.91 Å². The molecule has 3 amide bonds. The molecule has 2 fully saturated rings. The Bertz CT molecular complexity index is 594. The Morgan fingerprint density at radius 1 is 1.26 bits per heavy atom. The van der Waals surface area contributed by atoms with Gasteiger partial charge in [0.25, 0.3) is 5.91 Å². The Kier molecular flexibility index (Phi) is 4.32. The average molecular weight is 316 g/mol. The number of carbonyl (C=O) groups is 3. The van der Waals surface area contributed by atoms with E-state index in [1.807, 2.05) is 37.3 Å². The van der Waals surface area contributed by atoms with Crippen LogP contribution in [0.5, 0.6) is 0 Å². The zero-order chi connectivity index (χ0) is 16.4. The van der Waals surface area contributed by atoms with E-state index in [0.29, 0.717) is 19.6 Å². The SMILES string of the molecule is CCC(C(=O)N1CC(CN2C(=O)COC2=O)C1)c1ccccc1. The molecule has 2 aliphatic rings. The molecule has 1 aromatic carbocycles. The van der Waals surface area contributed by atoms with Gasteiger partial charge in [0.15, 0.2) is 6.61 Å². The van der Waals surface area contributed by atoms with Crippen molar-refractivity contribution in [2.24, 2.45) is 5.92 Å². The highest BCUT2D eigenvalue weighted by molar-refractivity contribution is 5.97. The van der Waals surface area contributed by atoms with Crippen molar-refractivity contribution in [3.05, 3.63) is 35.9 Å². The van der Waals surface area contributed by atoms with Crippen LogP contribution in [0.3, 0.4) is 0 Å². The number of imide groups is 1. The van der Waals surface area contributed by atoms with Crippen molar-refractivity contribution < 1.29 is 19.1 Å². The van der Waals surface area contributed by atoms with Crippen LogP contribution in [0.25, 0.3) is 0 Å². The van der Waals surface area contributed by atoms with Crippen LogP contribution in [-0.4, -0.2) is 53.9 Å². The molecule has 0 aromatic heterocycles. The van der Waals surface area contributed by atoms with Crippen molar-refractivity contribution in [2.75, 3.05) is 26.2 Å². The van der Waals surface area contributed by atoms with Crippen LogP contribution in [0.4, 0.5) is 4.79 Å². The summed E-state index contributed by atoms with van der Waals surface area (Å²) in [6.45, 7) is 3.34. The fourth-order valence-electron chi connectivity index (χ4n) is 3.14. The third-order valence-electron chi connectivity index (χ3n) is 4.46. The van der Waals surface area contributed by atoms with Gasteiger partial charge in [-0.05, 0) is 12.0 Å². The third-order valence-corrected chi connectivity index (χ3v) is 4.46. The molecule has 0 N–H and O–H groups in total. The molecule has 0 spiro atoms. The van der Waals surface area contributed by atoms with E-state index in [4.69, 9.17) is 4.74 Å². The van der Waals surface area contributed by atoms with E-state index in [-0.39, 0.29) is 30.3 Å².